The van der Waals surface area contributed by atoms with Gasteiger partial charge in [0.15, 0.2) is 0 Å². The molecule has 1 aromatic heterocycles. The molecular weight excluding hydrogens is 282 g/mol. The SMILES string of the molecule is COCCn1ncc(Br)c1CCCNC1CC1. The van der Waals surface area contributed by atoms with Crippen molar-refractivity contribution in [1.29, 1.82) is 0 Å². The summed E-state index contributed by atoms with van der Waals surface area (Å²) in [4.78, 5) is 0. The largest absolute Gasteiger partial charge is 0.383 e. The topological polar surface area (TPSA) is 39.1 Å². The van der Waals surface area contributed by atoms with E-state index in [1.165, 1.54) is 18.5 Å². The Morgan fingerprint density at radius 2 is 2.41 bits per heavy atom. The fourth-order valence-corrected chi connectivity index (χ4v) is 2.35. The van der Waals surface area contributed by atoms with Crippen LogP contribution in [0.1, 0.15) is 25.0 Å². The molecule has 0 bridgehead atoms. The molecule has 0 unspecified atom stereocenters. The minimum Gasteiger partial charge on any atom is -0.383 e. The zero-order valence-corrected chi connectivity index (χ0v) is 11.9. The van der Waals surface area contributed by atoms with Gasteiger partial charge >= 0.3 is 0 Å². The van der Waals surface area contributed by atoms with Gasteiger partial charge in [-0.1, -0.05) is 0 Å². The Balaban J connectivity index is 1.77. The lowest BCUT2D eigenvalue weighted by Crippen LogP contribution is -2.18. The highest BCUT2D eigenvalue weighted by molar-refractivity contribution is 9.10. The molecule has 1 heterocycles. The molecule has 1 saturated carbocycles. The van der Waals surface area contributed by atoms with E-state index in [9.17, 15) is 0 Å². The van der Waals surface area contributed by atoms with Gasteiger partial charge in [0.1, 0.15) is 0 Å². The van der Waals surface area contributed by atoms with Gasteiger partial charge in [-0.15, -0.1) is 0 Å². The number of halogens is 1. The van der Waals surface area contributed by atoms with Crippen molar-refractivity contribution in [2.45, 2.75) is 38.3 Å². The highest BCUT2D eigenvalue weighted by atomic mass is 79.9. The van der Waals surface area contributed by atoms with Gasteiger partial charge in [-0.05, 0) is 48.2 Å². The van der Waals surface area contributed by atoms with Crippen LogP contribution in [-0.4, -0.2) is 36.1 Å². The maximum atomic E-state index is 5.09. The first-order chi connectivity index (χ1) is 8.31. The van der Waals surface area contributed by atoms with Crippen LogP contribution >= 0.6 is 15.9 Å². The van der Waals surface area contributed by atoms with Crippen LogP contribution < -0.4 is 5.32 Å². The van der Waals surface area contributed by atoms with Crippen LogP contribution in [0.25, 0.3) is 0 Å². The van der Waals surface area contributed by atoms with Crippen LogP contribution in [0.15, 0.2) is 10.7 Å². The summed E-state index contributed by atoms with van der Waals surface area (Å²) in [5.41, 5.74) is 1.28. The van der Waals surface area contributed by atoms with Gasteiger partial charge in [-0.3, -0.25) is 4.68 Å². The number of methoxy groups -OCH3 is 1. The van der Waals surface area contributed by atoms with Crippen molar-refractivity contribution in [2.75, 3.05) is 20.3 Å². The molecule has 17 heavy (non-hydrogen) atoms. The van der Waals surface area contributed by atoms with E-state index in [1.807, 2.05) is 10.9 Å². The Labute approximate surface area is 111 Å². The number of nitrogens with one attached hydrogen (secondary N) is 1. The lowest BCUT2D eigenvalue weighted by Gasteiger charge is -2.08. The molecule has 1 N–H and O–H groups in total. The van der Waals surface area contributed by atoms with E-state index < -0.39 is 0 Å². The van der Waals surface area contributed by atoms with Gasteiger partial charge in [0, 0.05) is 13.2 Å². The molecule has 0 atom stereocenters. The first-order valence-corrected chi connectivity index (χ1v) is 7.03. The summed E-state index contributed by atoms with van der Waals surface area (Å²) in [5, 5.41) is 7.88. The van der Waals surface area contributed by atoms with E-state index in [0.29, 0.717) is 6.61 Å². The molecule has 1 aromatic rings. The van der Waals surface area contributed by atoms with E-state index in [-0.39, 0.29) is 0 Å². The highest BCUT2D eigenvalue weighted by Gasteiger charge is 2.19. The monoisotopic (exact) mass is 301 g/mol. The van der Waals surface area contributed by atoms with E-state index in [2.05, 4.69) is 26.3 Å². The fourth-order valence-electron chi connectivity index (χ4n) is 1.86. The molecule has 0 radical (unpaired) electrons. The van der Waals surface area contributed by atoms with Crippen LogP contribution in [0.5, 0.6) is 0 Å². The molecule has 0 aliphatic heterocycles. The van der Waals surface area contributed by atoms with Gasteiger partial charge in [0.2, 0.25) is 0 Å². The average Bonchev–Trinajstić information content (AvgIpc) is 3.08. The predicted octanol–water partition coefficient (Wildman–Crippen LogP) is 1.98. The summed E-state index contributed by atoms with van der Waals surface area (Å²) in [5.74, 6) is 0. The van der Waals surface area contributed by atoms with Crippen LogP contribution in [0, 0.1) is 0 Å². The zero-order chi connectivity index (χ0) is 12.1. The minimum atomic E-state index is 0.710. The number of rotatable bonds is 8. The number of nitrogens with zero attached hydrogens (tertiary/aromatic N) is 2. The van der Waals surface area contributed by atoms with Crippen molar-refractivity contribution in [2.24, 2.45) is 0 Å². The lowest BCUT2D eigenvalue weighted by molar-refractivity contribution is 0.182. The summed E-state index contributed by atoms with van der Waals surface area (Å²) in [6.07, 6.45) is 6.81. The molecule has 1 fully saturated rings. The van der Waals surface area contributed by atoms with Crippen LogP contribution in [-0.2, 0) is 17.7 Å². The normalized spacial score (nSPS) is 15.4. The standard InChI is InChI=1S/C12H20BrN3O/c1-17-8-7-16-12(11(13)9-15-16)3-2-6-14-10-4-5-10/h9-10,14H,2-8H2,1H3. The average molecular weight is 302 g/mol. The molecule has 0 aromatic carbocycles. The van der Waals surface area contributed by atoms with Crippen molar-refractivity contribution >= 4 is 15.9 Å². The molecule has 0 amide bonds. The zero-order valence-electron chi connectivity index (χ0n) is 10.3. The van der Waals surface area contributed by atoms with Gasteiger partial charge < -0.3 is 10.1 Å². The predicted molar refractivity (Wildman–Crippen MR) is 71.1 cm³/mol. The Bertz CT molecular complexity index is 350. The number of aromatic nitrogens is 2. The van der Waals surface area contributed by atoms with Crippen LogP contribution in [0.4, 0.5) is 0 Å². The van der Waals surface area contributed by atoms with E-state index in [0.717, 1.165) is 36.4 Å². The van der Waals surface area contributed by atoms with Crippen molar-refractivity contribution in [3.8, 4) is 0 Å². The first kappa shape index (κ1) is 13.1. The molecule has 0 saturated heterocycles. The number of ether oxygens (including phenoxy) is 1. The van der Waals surface area contributed by atoms with Crippen molar-refractivity contribution < 1.29 is 4.74 Å². The Kier molecular flexibility index (Phi) is 5.00. The molecule has 0 spiro atoms. The molecular formula is C12H20BrN3O. The molecule has 4 nitrogen and oxygen atoms in total. The smallest absolute Gasteiger partial charge is 0.0658 e. The molecule has 1 aliphatic carbocycles. The van der Waals surface area contributed by atoms with Crippen LogP contribution in [0.2, 0.25) is 0 Å². The maximum absolute atomic E-state index is 5.09. The van der Waals surface area contributed by atoms with Crippen LogP contribution in [0.3, 0.4) is 0 Å². The second-order valence-electron chi connectivity index (χ2n) is 4.49. The maximum Gasteiger partial charge on any atom is 0.0658 e. The summed E-state index contributed by atoms with van der Waals surface area (Å²) in [6.45, 7) is 2.64. The van der Waals surface area contributed by atoms with Crippen molar-refractivity contribution in [3.63, 3.8) is 0 Å². The van der Waals surface area contributed by atoms with Gasteiger partial charge in [0.25, 0.3) is 0 Å². The Morgan fingerprint density at radius 1 is 1.59 bits per heavy atom. The van der Waals surface area contributed by atoms with Gasteiger partial charge in [-0.25, -0.2) is 0 Å². The van der Waals surface area contributed by atoms with E-state index >= 15 is 0 Å². The molecule has 5 heteroatoms. The minimum absolute atomic E-state index is 0.710. The Hall–Kier alpha value is -0.390. The number of hydrogen-bond acceptors (Lipinski definition) is 3. The highest BCUT2D eigenvalue weighted by Crippen LogP contribution is 2.20. The third-order valence-corrected chi connectivity index (χ3v) is 3.67. The van der Waals surface area contributed by atoms with E-state index in [1.54, 1.807) is 7.11 Å². The number of hydrogen-bond donors (Lipinski definition) is 1. The van der Waals surface area contributed by atoms with E-state index in [4.69, 9.17) is 4.74 Å². The Morgan fingerprint density at radius 3 is 3.12 bits per heavy atom. The van der Waals surface area contributed by atoms with Crippen molar-refractivity contribution in [3.05, 3.63) is 16.4 Å². The summed E-state index contributed by atoms with van der Waals surface area (Å²) >= 11 is 3.56. The fraction of sp³-hybridized carbons (Fsp3) is 0.750. The first-order valence-electron chi connectivity index (χ1n) is 6.23. The third-order valence-electron chi connectivity index (χ3n) is 3.01. The molecule has 2 rings (SSSR count). The summed E-state index contributed by atoms with van der Waals surface area (Å²) < 4.78 is 8.23. The summed E-state index contributed by atoms with van der Waals surface area (Å²) in [6, 6.07) is 0.803. The summed E-state index contributed by atoms with van der Waals surface area (Å²) in [7, 11) is 1.72. The lowest BCUT2D eigenvalue weighted by atomic mass is 10.2. The van der Waals surface area contributed by atoms with Crippen molar-refractivity contribution in [1.82, 2.24) is 15.1 Å². The molecule has 96 valence electrons. The third kappa shape index (κ3) is 4.08. The quantitative estimate of drug-likeness (QED) is 0.746. The second kappa shape index (κ2) is 6.52. The molecule has 1 aliphatic rings. The van der Waals surface area contributed by atoms with Gasteiger partial charge in [0.05, 0.1) is 29.5 Å². The van der Waals surface area contributed by atoms with Gasteiger partial charge in [-0.2, -0.15) is 5.10 Å². The second-order valence-corrected chi connectivity index (χ2v) is 5.34.